The Kier molecular flexibility index (Phi) is 10.1. The first kappa shape index (κ1) is 29.7. The van der Waals surface area contributed by atoms with Crippen molar-refractivity contribution in [1.29, 1.82) is 0 Å². The molecule has 0 bridgehead atoms. The van der Waals surface area contributed by atoms with Crippen molar-refractivity contribution in [2.24, 2.45) is 0 Å². The SMILES string of the molecule is COc1cc(CCC(=O)C=C(O)CCc2ccc(O[C@@H]3O[C@H](C(=O)O)[C@@H](O)[C@H](O)[C@H]3O)c(OC)c2)ccc1O. The average Bonchev–Trinajstić information content (AvgIpc) is 2.91. The van der Waals surface area contributed by atoms with E-state index in [-0.39, 0.29) is 41.6 Å². The minimum Gasteiger partial charge on any atom is -0.512 e. The van der Waals surface area contributed by atoms with E-state index < -0.39 is 36.7 Å². The molecule has 0 spiro atoms. The van der Waals surface area contributed by atoms with Gasteiger partial charge >= 0.3 is 5.97 Å². The molecule has 0 aliphatic carbocycles. The number of methoxy groups -OCH3 is 2. The van der Waals surface area contributed by atoms with Gasteiger partial charge in [-0.2, -0.15) is 0 Å². The number of phenolic OH excluding ortho intramolecular Hbond substituents is 1. The lowest BCUT2D eigenvalue weighted by atomic mass is 9.99. The maximum absolute atomic E-state index is 12.3. The van der Waals surface area contributed by atoms with Crippen molar-refractivity contribution in [3.63, 3.8) is 0 Å². The minimum absolute atomic E-state index is 0.00622. The summed E-state index contributed by atoms with van der Waals surface area (Å²) in [4.78, 5) is 23.6. The van der Waals surface area contributed by atoms with Crippen LogP contribution in [0.25, 0.3) is 0 Å². The lowest BCUT2D eigenvalue weighted by molar-refractivity contribution is -0.271. The summed E-state index contributed by atoms with van der Waals surface area (Å²) < 4.78 is 21.0. The highest BCUT2D eigenvalue weighted by Gasteiger charge is 2.48. The number of hydrogen-bond acceptors (Lipinski definition) is 11. The molecule has 1 saturated heterocycles. The number of hydrogen-bond donors (Lipinski definition) is 6. The van der Waals surface area contributed by atoms with Crippen molar-refractivity contribution in [1.82, 2.24) is 0 Å². The van der Waals surface area contributed by atoms with Gasteiger partial charge in [-0.1, -0.05) is 12.1 Å². The molecule has 0 unspecified atom stereocenters. The predicted molar refractivity (Wildman–Crippen MR) is 135 cm³/mol. The van der Waals surface area contributed by atoms with E-state index in [1.165, 1.54) is 32.4 Å². The molecule has 39 heavy (non-hydrogen) atoms. The highest BCUT2D eigenvalue weighted by atomic mass is 16.7. The molecule has 12 nitrogen and oxygen atoms in total. The molecule has 2 aromatic rings. The molecule has 1 aliphatic heterocycles. The molecule has 1 aliphatic rings. The van der Waals surface area contributed by atoms with E-state index in [1.54, 1.807) is 24.3 Å². The Hall–Kier alpha value is -3.84. The number of ketones is 1. The Balaban J connectivity index is 1.57. The van der Waals surface area contributed by atoms with Crippen LogP contribution >= 0.6 is 0 Å². The Morgan fingerprint density at radius 2 is 1.46 bits per heavy atom. The summed E-state index contributed by atoms with van der Waals surface area (Å²) in [7, 11) is 2.80. The monoisotopic (exact) mass is 548 g/mol. The number of aliphatic hydroxyl groups is 4. The number of aromatic hydroxyl groups is 1. The zero-order valence-electron chi connectivity index (χ0n) is 21.4. The third-order valence-electron chi connectivity index (χ3n) is 6.19. The number of phenols is 1. The van der Waals surface area contributed by atoms with Gasteiger partial charge in [0.05, 0.1) is 20.0 Å². The van der Waals surface area contributed by atoms with Gasteiger partial charge in [-0.25, -0.2) is 4.79 Å². The summed E-state index contributed by atoms with van der Waals surface area (Å²) in [5, 5.41) is 59.0. The third kappa shape index (κ3) is 7.60. The van der Waals surface area contributed by atoms with E-state index in [9.17, 15) is 40.2 Å². The first-order chi connectivity index (χ1) is 18.5. The maximum Gasteiger partial charge on any atom is 0.335 e. The van der Waals surface area contributed by atoms with Crippen LogP contribution in [0.4, 0.5) is 0 Å². The van der Waals surface area contributed by atoms with Crippen LogP contribution in [0.3, 0.4) is 0 Å². The largest absolute Gasteiger partial charge is 0.512 e. The van der Waals surface area contributed by atoms with Crippen LogP contribution in [0.1, 0.15) is 24.0 Å². The van der Waals surface area contributed by atoms with Gasteiger partial charge in [0.25, 0.3) is 0 Å². The van der Waals surface area contributed by atoms with Crippen molar-refractivity contribution < 1.29 is 59.2 Å². The molecule has 3 rings (SSSR count). The van der Waals surface area contributed by atoms with Gasteiger partial charge < -0.3 is 49.6 Å². The molecule has 0 amide bonds. The summed E-state index contributed by atoms with van der Waals surface area (Å²) in [6.07, 6.45) is -6.54. The molecule has 1 fully saturated rings. The van der Waals surface area contributed by atoms with E-state index in [0.717, 1.165) is 5.56 Å². The van der Waals surface area contributed by atoms with Crippen LogP contribution in [0.2, 0.25) is 0 Å². The van der Waals surface area contributed by atoms with E-state index in [1.807, 2.05) is 0 Å². The Labute approximate surface area is 224 Å². The van der Waals surface area contributed by atoms with Crippen LogP contribution in [-0.2, 0) is 27.2 Å². The van der Waals surface area contributed by atoms with Crippen molar-refractivity contribution in [3.8, 4) is 23.0 Å². The first-order valence-electron chi connectivity index (χ1n) is 12.1. The number of aryl methyl sites for hydroxylation is 2. The number of allylic oxidation sites excluding steroid dienone is 2. The normalized spacial score (nSPS) is 23.2. The van der Waals surface area contributed by atoms with Gasteiger partial charge in [-0.3, -0.25) is 4.79 Å². The number of ether oxygens (including phenoxy) is 4. The highest BCUT2D eigenvalue weighted by molar-refractivity contribution is 5.90. The van der Waals surface area contributed by atoms with Crippen molar-refractivity contribution in [2.75, 3.05) is 14.2 Å². The molecule has 0 radical (unpaired) electrons. The summed E-state index contributed by atoms with van der Waals surface area (Å²) in [6, 6.07) is 9.53. The number of carbonyl (C=O) groups excluding carboxylic acids is 1. The zero-order valence-corrected chi connectivity index (χ0v) is 21.4. The molecule has 6 N–H and O–H groups in total. The van der Waals surface area contributed by atoms with E-state index in [4.69, 9.17) is 18.9 Å². The number of benzene rings is 2. The number of carboxylic acid groups (broad SMARTS) is 1. The van der Waals surface area contributed by atoms with Gasteiger partial charge in [-0.05, 0) is 48.2 Å². The van der Waals surface area contributed by atoms with Crippen LogP contribution < -0.4 is 14.2 Å². The second kappa shape index (κ2) is 13.3. The fourth-order valence-corrected chi connectivity index (χ4v) is 3.99. The minimum atomic E-state index is -1.84. The number of aliphatic carboxylic acids is 1. The highest BCUT2D eigenvalue weighted by Crippen LogP contribution is 2.32. The van der Waals surface area contributed by atoms with Gasteiger partial charge in [0.1, 0.15) is 18.3 Å². The van der Waals surface area contributed by atoms with Crippen LogP contribution in [0.15, 0.2) is 48.2 Å². The predicted octanol–water partition coefficient (Wildman–Crippen LogP) is 1.26. The molecular weight excluding hydrogens is 516 g/mol. The summed E-state index contributed by atoms with van der Waals surface area (Å²) in [5.74, 6) is -1.29. The van der Waals surface area contributed by atoms with E-state index >= 15 is 0 Å². The third-order valence-corrected chi connectivity index (χ3v) is 6.19. The fourth-order valence-electron chi connectivity index (χ4n) is 3.99. The van der Waals surface area contributed by atoms with Gasteiger partial charge in [0.2, 0.25) is 6.29 Å². The van der Waals surface area contributed by atoms with Gasteiger partial charge in [0, 0.05) is 18.9 Å². The number of carboxylic acids is 1. The maximum atomic E-state index is 12.3. The Morgan fingerprint density at radius 1 is 0.846 bits per heavy atom. The number of carbonyl (C=O) groups is 2. The molecule has 0 aromatic heterocycles. The number of aliphatic hydroxyl groups excluding tert-OH is 4. The van der Waals surface area contributed by atoms with Crippen molar-refractivity contribution in [3.05, 3.63) is 59.4 Å². The fraction of sp³-hybridized carbons (Fsp3) is 0.407. The molecule has 1 heterocycles. The van der Waals surface area contributed by atoms with Crippen molar-refractivity contribution >= 4 is 11.8 Å². The van der Waals surface area contributed by atoms with E-state index in [0.29, 0.717) is 24.2 Å². The van der Waals surface area contributed by atoms with Gasteiger partial charge in [-0.15, -0.1) is 0 Å². The number of rotatable bonds is 12. The molecule has 5 atom stereocenters. The lowest BCUT2D eigenvalue weighted by Gasteiger charge is -2.38. The lowest BCUT2D eigenvalue weighted by Crippen LogP contribution is -2.61. The zero-order chi connectivity index (χ0) is 28.7. The standard InChI is InChI=1S/C27H32O12/c1-36-20-11-14(5-9-18(20)30)3-7-16(28)13-17(29)8-4-15-6-10-19(21(12-15)37-2)38-27-24(33)22(31)23(32)25(39-27)26(34)35/h5-6,9-13,22-25,27,29-33H,3-4,7-8H2,1-2H3,(H,34,35)/t22-,23-,24+,25-,27+/m0/s1. The summed E-state index contributed by atoms with van der Waals surface area (Å²) in [5.41, 5.74) is 1.52. The molecule has 2 aromatic carbocycles. The topological polar surface area (TPSA) is 192 Å². The van der Waals surface area contributed by atoms with Gasteiger partial charge in [0.15, 0.2) is 34.9 Å². The van der Waals surface area contributed by atoms with E-state index in [2.05, 4.69) is 0 Å². The summed E-state index contributed by atoms with van der Waals surface area (Å²) in [6.45, 7) is 0. The second-order valence-electron chi connectivity index (χ2n) is 8.95. The Bertz CT molecular complexity index is 1190. The smallest absolute Gasteiger partial charge is 0.335 e. The molecule has 0 saturated carbocycles. The van der Waals surface area contributed by atoms with Crippen molar-refractivity contribution in [2.45, 2.75) is 56.4 Å². The summed E-state index contributed by atoms with van der Waals surface area (Å²) >= 11 is 0. The second-order valence-corrected chi connectivity index (χ2v) is 8.95. The van der Waals surface area contributed by atoms with Crippen LogP contribution in [0, 0.1) is 0 Å². The van der Waals surface area contributed by atoms with Crippen LogP contribution in [-0.4, -0.2) is 87.3 Å². The Morgan fingerprint density at radius 3 is 2.10 bits per heavy atom. The average molecular weight is 549 g/mol. The van der Waals surface area contributed by atoms with Crippen LogP contribution in [0.5, 0.6) is 23.0 Å². The quantitative estimate of drug-likeness (QED) is 0.165. The first-order valence-corrected chi connectivity index (χ1v) is 12.1. The molecule has 212 valence electrons. The molecule has 12 heteroatoms. The molecular formula is C27H32O12.